The third-order valence-electron chi connectivity index (χ3n) is 6.46. The summed E-state index contributed by atoms with van der Waals surface area (Å²) < 4.78 is 6.60. The van der Waals surface area contributed by atoms with Crippen LogP contribution >= 0.6 is 0 Å². The van der Waals surface area contributed by atoms with Crippen LogP contribution in [0.5, 0.6) is 11.5 Å². The van der Waals surface area contributed by atoms with E-state index in [9.17, 15) is 0 Å². The Labute approximate surface area is 186 Å². The van der Waals surface area contributed by atoms with Gasteiger partial charge in [0.05, 0.1) is 0 Å². The minimum Gasteiger partial charge on any atom is -0.457 e. The predicted molar refractivity (Wildman–Crippen MR) is 132 cm³/mol. The van der Waals surface area contributed by atoms with Crippen molar-refractivity contribution in [1.82, 2.24) is 0 Å². The Morgan fingerprint density at radius 2 is 1.20 bits per heavy atom. The molecule has 2 aromatic carbocycles. The van der Waals surface area contributed by atoms with E-state index in [4.69, 9.17) is 4.74 Å². The molecule has 0 amide bonds. The number of hydrogen-bond acceptors (Lipinski definition) is 1. The lowest BCUT2D eigenvalue weighted by atomic mass is 9.91. The van der Waals surface area contributed by atoms with E-state index < -0.39 is 0 Å². The minimum absolute atomic E-state index is 0.727. The van der Waals surface area contributed by atoms with Crippen LogP contribution in [0.2, 0.25) is 0 Å². The molecule has 0 aliphatic carbocycles. The van der Waals surface area contributed by atoms with Crippen LogP contribution in [0.1, 0.15) is 94.7 Å². The number of ether oxygens (including phenoxy) is 1. The first-order valence-electron chi connectivity index (χ1n) is 12.3. The lowest BCUT2D eigenvalue weighted by Crippen LogP contribution is -2.05. The van der Waals surface area contributed by atoms with Crippen molar-refractivity contribution in [3.63, 3.8) is 0 Å². The molecular formula is C29H44O. The zero-order valence-electron chi connectivity index (χ0n) is 20.8. The molecule has 166 valence electrons. The van der Waals surface area contributed by atoms with Gasteiger partial charge >= 0.3 is 0 Å². The summed E-state index contributed by atoms with van der Waals surface area (Å²) in [7, 11) is 0. The molecule has 0 bridgehead atoms. The summed E-state index contributed by atoms with van der Waals surface area (Å²) in [5.41, 5.74) is 8.38. The van der Waals surface area contributed by atoms with Gasteiger partial charge in [-0.15, -0.1) is 0 Å². The third kappa shape index (κ3) is 6.37. The normalized spacial score (nSPS) is 12.4. The second-order valence-corrected chi connectivity index (χ2v) is 9.41. The zero-order chi connectivity index (χ0) is 22.3. The second kappa shape index (κ2) is 11.6. The Morgan fingerprint density at radius 1 is 0.700 bits per heavy atom. The molecular weight excluding hydrogens is 364 g/mol. The van der Waals surface area contributed by atoms with E-state index in [2.05, 4.69) is 79.7 Å². The number of benzene rings is 2. The molecule has 0 radical (unpaired) electrons. The molecule has 0 saturated carbocycles. The first-order chi connectivity index (χ1) is 14.3. The molecule has 0 spiro atoms. The summed E-state index contributed by atoms with van der Waals surface area (Å²) in [6, 6.07) is 9.29. The fraction of sp³-hybridized carbons (Fsp3) is 0.586. The van der Waals surface area contributed by atoms with Crippen molar-refractivity contribution in [3.8, 4) is 11.5 Å². The van der Waals surface area contributed by atoms with Crippen LogP contribution in [-0.4, -0.2) is 0 Å². The summed E-state index contributed by atoms with van der Waals surface area (Å²) in [6.07, 6.45) is 7.89. The highest BCUT2D eigenvalue weighted by Gasteiger charge is 2.15. The Balaban J connectivity index is 2.34. The molecule has 2 rings (SSSR count). The maximum Gasteiger partial charge on any atom is 0.133 e. The van der Waals surface area contributed by atoms with Crippen molar-refractivity contribution >= 4 is 0 Å². The van der Waals surface area contributed by atoms with Crippen molar-refractivity contribution in [2.75, 3.05) is 0 Å². The van der Waals surface area contributed by atoms with Crippen LogP contribution in [0, 0.1) is 18.8 Å². The summed E-state index contributed by atoms with van der Waals surface area (Å²) in [6.45, 7) is 18.2. The van der Waals surface area contributed by atoms with Gasteiger partial charge in [0, 0.05) is 0 Å². The van der Waals surface area contributed by atoms with Crippen molar-refractivity contribution in [3.05, 3.63) is 57.6 Å². The topological polar surface area (TPSA) is 9.23 Å². The number of rotatable bonds is 11. The SMILES string of the molecule is CCc1cc(Oc2c(CC)cc(CC(C)CCC(C)C)cc2CC)cc(CC)c1C. The first-order valence-corrected chi connectivity index (χ1v) is 12.3. The van der Waals surface area contributed by atoms with E-state index >= 15 is 0 Å². The van der Waals surface area contributed by atoms with E-state index in [1.165, 1.54) is 46.2 Å². The smallest absolute Gasteiger partial charge is 0.133 e. The van der Waals surface area contributed by atoms with Crippen molar-refractivity contribution < 1.29 is 4.74 Å². The molecule has 0 aliphatic rings. The van der Waals surface area contributed by atoms with Crippen LogP contribution in [-0.2, 0) is 32.1 Å². The molecule has 0 fully saturated rings. The zero-order valence-corrected chi connectivity index (χ0v) is 20.8. The molecule has 1 atom stereocenters. The van der Waals surface area contributed by atoms with Gasteiger partial charge in [-0.05, 0) is 96.4 Å². The van der Waals surface area contributed by atoms with Crippen LogP contribution in [0.25, 0.3) is 0 Å². The highest BCUT2D eigenvalue weighted by atomic mass is 16.5. The summed E-state index contributed by atoms with van der Waals surface area (Å²) in [5, 5.41) is 0. The molecule has 0 aliphatic heterocycles. The van der Waals surface area contributed by atoms with Crippen LogP contribution in [0.3, 0.4) is 0 Å². The van der Waals surface area contributed by atoms with E-state index in [1.807, 2.05) is 0 Å². The fourth-order valence-corrected chi connectivity index (χ4v) is 4.44. The molecule has 2 aromatic rings. The standard InChI is InChI=1S/C29H44O/c1-9-24-18-28(19-25(10-2)22(24)8)30-29-26(11-3)16-23(17-27(29)12-4)15-21(7)14-13-20(5)6/h16-21H,9-15H2,1-8H3. The lowest BCUT2D eigenvalue weighted by molar-refractivity contribution is 0.446. The Bertz CT molecular complexity index is 765. The van der Waals surface area contributed by atoms with Crippen molar-refractivity contribution in [2.24, 2.45) is 11.8 Å². The molecule has 1 unspecified atom stereocenters. The van der Waals surface area contributed by atoms with Gasteiger partial charge < -0.3 is 4.74 Å². The fourth-order valence-electron chi connectivity index (χ4n) is 4.44. The van der Waals surface area contributed by atoms with Crippen molar-refractivity contribution in [1.29, 1.82) is 0 Å². The molecule has 1 nitrogen and oxygen atoms in total. The molecule has 1 heteroatoms. The lowest BCUT2D eigenvalue weighted by Gasteiger charge is -2.20. The Morgan fingerprint density at radius 3 is 1.63 bits per heavy atom. The van der Waals surface area contributed by atoms with E-state index in [1.54, 1.807) is 0 Å². The average molecular weight is 409 g/mol. The van der Waals surface area contributed by atoms with Gasteiger partial charge in [0.15, 0.2) is 0 Å². The summed E-state index contributed by atoms with van der Waals surface area (Å²) in [5.74, 6) is 3.60. The third-order valence-corrected chi connectivity index (χ3v) is 6.46. The molecule has 0 N–H and O–H groups in total. The minimum atomic E-state index is 0.727. The highest BCUT2D eigenvalue weighted by molar-refractivity contribution is 5.49. The van der Waals surface area contributed by atoms with Gasteiger partial charge in [-0.25, -0.2) is 0 Å². The predicted octanol–water partition coefficient (Wildman–Crippen LogP) is 8.65. The van der Waals surface area contributed by atoms with Crippen LogP contribution < -0.4 is 4.74 Å². The molecule has 30 heavy (non-hydrogen) atoms. The monoisotopic (exact) mass is 408 g/mol. The van der Waals surface area contributed by atoms with Gasteiger partial charge in [-0.1, -0.05) is 73.4 Å². The van der Waals surface area contributed by atoms with Crippen LogP contribution in [0.4, 0.5) is 0 Å². The van der Waals surface area contributed by atoms with Gasteiger partial charge in [0.25, 0.3) is 0 Å². The maximum absolute atomic E-state index is 6.60. The quantitative estimate of drug-likeness (QED) is 0.361. The van der Waals surface area contributed by atoms with Gasteiger partial charge in [0.2, 0.25) is 0 Å². The van der Waals surface area contributed by atoms with Crippen molar-refractivity contribution in [2.45, 2.75) is 100 Å². The average Bonchev–Trinajstić information content (AvgIpc) is 2.73. The van der Waals surface area contributed by atoms with Gasteiger partial charge in [-0.2, -0.15) is 0 Å². The molecule has 0 heterocycles. The second-order valence-electron chi connectivity index (χ2n) is 9.41. The largest absolute Gasteiger partial charge is 0.457 e. The first kappa shape index (κ1) is 24.5. The Hall–Kier alpha value is -1.76. The van der Waals surface area contributed by atoms with Crippen LogP contribution in [0.15, 0.2) is 24.3 Å². The number of aryl methyl sites for hydroxylation is 4. The maximum atomic E-state index is 6.60. The molecule has 0 aromatic heterocycles. The van der Waals surface area contributed by atoms with Gasteiger partial charge in [-0.3, -0.25) is 0 Å². The Kier molecular flexibility index (Phi) is 9.46. The van der Waals surface area contributed by atoms with Gasteiger partial charge in [0.1, 0.15) is 11.5 Å². The van der Waals surface area contributed by atoms with E-state index in [-0.39, 0.29) is 0 Å². The van der Waals surface area contributed by atoms with E-state index in [0.29, 0.717) is 0 Å². The summed E-state index contributed by atoms with van der Waals surface area (Å²) in [4.78, 5) is 0. The summed E-state index contributed by atoms with van der Waals surface area (Å²) >= 11 is 0. The highest BCUT2D eigenvalue weighted by Crippen LogP contribution is 2.34. The van der Waals surface area contributed by atoms with E-state index in [0.717, 1.165) is 55.4 Å². The molecule has 0 saturated heterocycles. The number of hydrogen-bond donors (Lipinski definition) is 0.